The minimum Gasteiger partial charge on any atom is -0.493 e. The SMILES string of the molecule is Cc1cccc(OCCC(=O)NNC(=O)CN)c1. The standard InChI is InChI=1S/C12H17N3O3/c1-9-3-2-4-10(7-9)18-6-5-11(16)14-15-12(17)8-13/h2-4,7H,5-6,8,13H2,1H3,(H,14,16)(H,15,17). The normalized spacial score (nSPS) is 9.67. The van der Waals surface area contributed by atoms with Crippen LogP contribution in [0.15, 0.2) is 24.3 Å². The zero-order valence-corrected chi connectivity index (χ0v) is 10.2. The summed E-state index contributed by atoms with van der Waals surface area (Å²) in [5.41, 5.74) is 10.6. The van der Waals surface area contributed by atoms with Crippen molar-refractivity contribution in [1.29, 1.82) is 0 Å². The number of benzene rings is 1. The number of nitrogens with one attached hydrogen (secondary N) is 2. The molecule has 6 heteroatoms. The summed E-state index contributed by atoms with van der Waals surface area (Å²) in [5, 5.41) is 0. The topological polar surface area (TPSA) is 93.5 Å². The number of carbonyl (C=O) groups is 2. The van der Waals surface area contributed by atoms with Crippen LogP contribution in [0, 0.1) is 6.92 Å². The Labute approximate surface area is 105 Å². The fourth-order valence-electron chi connectivity index (χ4n) is 1.22. The number of amides is 2. The summed E-state index contributed by atoms with van der Waals surface area (Å²) in [6.45, 7) is 2.04. The van der Waals surface area contributed by atoms with Gasteiger partial charge in [0, 0.05) is 0 Å². The first kappa shape index (κ1) is 14.0. The van der Waals surface area contributed by atoms with Crippen molar-refractivity contribution in [3.63, 3.8) is 0 Å². The van der Waals surface area contributed by atoms with Gasteiger partial charge in [0.2, 0.25) is 5.91 Å². The van der Waals surface area contributed by atoms with Gasteiger partial charge in [0.05, 0.1) is 19.6 Å². The van der Waals surface area contributed by atoms with Crippen LogP contribution >= 0.6 is 0 Å². The van der Waals surface area contributed by atoms with E-state index in [1.54, 1.807) is 0 Å². The van der Waals surface area contributed by atoms with E-state index in [0.29, 0.717) is 5.75 Å². The van der Waals surface area contributed by atoms with Gasteiger partial charge < -0.3 is 10.5 Å². The molecule has 0 spiro atoms. The summed E-state index contributed by atoms with van der Waals surface area (Å²) in [5.74, 6) is -0.0544. The average molecular weight is 251 g/mol. The third-order valence-electron chi connectivity index (χ3n) is 2.11. The fourth-order valence-corrected chi connectivity index (χ4v) is 1.22. The predicted molar refractivity (Wildman–Crippen MR) is 66.6 cm³/mol. The van der Waals surface area contributed by atoms with Crippen LogP contribution in [0.2, 0.25) is 0 Å². The lowest BCUT2D eigenvalue weighted by Gasteiger charge is -2.08. The Morgan fingerprint density at radius 3 is 2.67 bits per heavy atom. The van der Waals surface area contributed by atoms with Crippen molar-refractivity contribution in [2.45, 2.75) is 13.3 Å². The molecule has 0 atom stereocenters. The summed E-state index contributed by atoms with van der Waals surface area (Å²) in [6, 6.07) is 7.54. The molecule has 1 aromatic rings. The van der Waals surface area contributed by atoms with E-state index in [1.165, 1.54) is 0 Å². The number of nitrogens with two attached hydrogens (primary N) is 1. The third kappa shape index (κ3) is 5.31. The minimum absolute atomic E-state index is 0.152. The zero-order valence-electron chi connectivity index (χ0n) is 10.2. The van der Waals surface area contributed by atoms with Gasteiger partial charge in [0.15, 0.2) is 0 Å². The Morgan fingerprint density at radius 2 is 2.00 bits per heavy atom. The maximum absolute atomic E-state index is 11.3. The summed E-state index contributed by atoms with van der Waals surface area (Å²) in [7, 11) is 0. The Morgan fingerprint density at radius 1 is 1.28 bits per heavy atom. The maximum Gasteiger partial charge on any atom is 0.252 e. The fraction of sp³-hybridized carbons (Fsp3) is 0.333. The molecule has 0 fully saturated rings. The molecule has 0 radical (unpaired) electrons. The van der Waals surface area contributed by atoms with Gasteiger partial charge in [-0.2, -0.15) is 0 Å². The number of carbonyl (C=O) groups excluding carboxylic acids is 2. The van der Waals surface area contributed by atoms with Gasteiger partial charge in [-0.3, -0.25) is 20.4 Å². The summed E-state index contributed by atoms with van der Waals surface area (Å²) < 4.78 is 5.39. The van der Waals surface area contributed by atoms with Gasteiger partial charge in [-0.15, -0.1) is 0 Å². The van der Waals surface area contributed by atoms with E-state index >= 15 is 0 Å². The lowest BCUT2D eigenvalue weighted by Crippen LogP contribution is -2.44. The molecule has 0 heterocycles. The molecule has 1 rings (SSSR count). The van der Waals surface area contributed by atoms with Crippen molar-refractivity contribution in [2.75, 3.05) is 13.2 Å². The molecule has 0 bridgehead atoms. The first-order chi connectivity index (χ1) is 8.61. The Kier molecular flexibility index (Phi) is 5.66. The number of hydrazine groups is 1. The second-order valence-corrected chi connectivity index (χ2v) is 3.72. The minimum atomic E-state index is -0.442. The van der Waals surface area contributed by atoms with E-state index in [1.807, 2.05) is 31.2 Å². The molecule has 6 nitrogen and oxygen atoms in total. The van der Waals surface area contributed by atoms with Gasteiger partial charge in [-0.05, 0) is 24.6 Å². The van der Waals surface area contributed by atoms with Crippen molar-refractivity contribution < 1.29 is 14.3 Å². The van der Waals surface area contributed by atoms with Crippen molar-refractivity contribution in [1.82, 2.24) is 10.9 Å². The van der Waals surface area contributed by atoms with Crippen LogP contribution in [0.3, 0.4) is 0 Å². The number of hydrogen-bond acceptors (Lipinski definition) is 4. The number of rotatable bonds is 5. The van der Waals surface area contributed by atoms with Crippen molar-refractivity contribution in [2.24, 2.45) is 5.73 Å². The second-order valence-electron chi connectivity index (χ2n) is 3.72. The molecule has 1 aromatic carbocycles. The maximum atomic E-state index is 11.3. The molecular weight excluding hydrogens is 234 g/mol. The predicted octanol–water partition coefficient (Wildman–Crippen LogP) is -0.130. The van der Waals surface area contributed by atoms with E-state index in [0.717, 1.165) is 5.56 Å². The quantitative estimate of drug-likeness (QED) is 0.635. The first-order valence-corrected chi connectivity index (χ1v) is 5.59. The van der Waals surface area contributed by atoms with Gasteiger partial charge in [-0.25, -0.2) is 0 Å². The smallest absolute Gasteiger partial charge is 0.252 e. The van der Waals surface area contributed by atoms with Crippen molar-refractivity contribution in [3.8, 4) is 5.75 Å². The molecule has 0 saturated heterocycles. The highest BCUT2D eigenvalue weighted by atomic mass is 16.5. The molecule has 0 aliphatic heterocycles. The highest BCUT2D eigenvalue weighted by molar-refractivity contribution is 5.82. The van der Waals surface area contributed by atoms with Crippen molar-refractivity contribution in [3.05, 3.63) is 29.8 Å². The van der Waals surface area contributed by atoms with Crippen LogP contribution in [-0.2, 0) is 9.59 Å². The summed E-state index contributed by atoms with van der Waals surface area (Å²) >= 11 is 0. The number of ether oxygens (including phenoxy) is 1. The summed E-state index contributed by atoms with van der Waals surface area (Å²) in [6.07, 6.45) is 0.152. The lowest BCUT2D eigenvalue weighted by atomic mass is 10.2. The Hall–Kier alpha value is -2.08. The van der Waals surface area contributed by atoms with Crippen LogP contribution in [0.1, 0.15) is 12.0 Å². The largest absolute Gasteiger partial charge is 0.493 e. The van der Waals surface area contributed by atoms with Gasteiger partial charge in [0.25, 0.3) is 5.91 Å². The highest BCUT2D eigenvalue weighted by Gasteiger charge is 2.03. The van der Waals surface area contributed by atoms with Gasteiger partial charge in [-0.1, -0.05) is 12.1 Å². The van der Waals surface area contributed by atoms with E-state index in [4.69, 9.17) is 10.5 Å². The van der Waals surface area contributed by atoms with E-state index < -0.39 is 5.91 Å². The van der Waals surface area contributed by atoms with Crippen LogP contribution in [0.25, 0.3) is 0 Å². The van der Waals surface area contributed by atoms with Crippen LogP contribution < -0.4 is 21.3 Å². The monoisotopic (exact) mass is 251 g/mol. The van der Waals surface area contributed by atoms with Crippen LogP contribution in [0.5, 0.6) is 5.75 Å². The molecule has 0 aliphatic rings. The first-order valence-electron chi connectivity index (χ1n) is 5.59. The molecular formula is C12H17N3O3. The van der Waals surface area contributed by atoms with Gasteiger partial charge in [0.1, 0.15) is 5.75 Å². The molecule has 0 aliphatic carbocycles. The third-order valence-corrected chi connectivity index (χ3v) is 2.11. The van der Waals surface area contributed by atoms with E-state index in [9.17, 15) is 9.59 Å². The lowest BCUT2D eigenvalue weighted by molar-refractivity contribution is -0.128. The van der Waals surface area contributed by atoms with E-state index in [2.05, 4.69) is 10.9 Å². The Bertz CT molecular complexity index is 421. The Balaban J connectivity index is 2.21. The molecule has 0 unspecified atom stereocenters. The van der Waals surface area contributed by atoms with E-state index in [-0.39, 0.29) is 25.5 Å². The summed E-state index contributed by atoms with van der Waals surface area (Å²) in [4.78, 5) is 22.0. The highest BCUT2D eigenvalue weighted by Crippen LogP contribution is 2.12. The molecule has 2 amide bonds. The molecule has 18 heavy (non-hydrogen) atoms. The molecule has 4 N–H and O–H groups in total. The van der Waals surface area contributed by atoms with Crippen molar-refractivity contribution >= 4 is 11.8 Å². The molecule has 0 aromatic heterocycles. The molecule has 0 saturated carbocycles. The number of hydrogen-bond donors (Lipinski definition) is 3. The number of aryl methyl sites for hydroxylation is 1. The molecule has 98 valence electrons. The zero-order chi connectivity index (χ0) is 13.4. The van der Waals surface area contributed by atoms with Gasteiger partial charge >= 0.3 is 0 Å². The van der Waals surface area contributed by atoms with Crippen LogP contribution in [-0.4, -0.2) is 25.0 Å². The van der Waals surface area contributed by atoms with Crippen LogP contribution in [0.4, 0.5) is 0 Å². The average Bonchev–Trinajstić information content (AvgIpc) is 2.36. The second kappa shape index (κ2) is 7.29.